The van der Waals surface area contributed by atoms with E-state index in [-0.39, 0.29) is 35.6 Å². The number of nitrogens with one attached hydrogen (secondary N) is 2. The summed E-state index contributed by atoms with van der Waals surface area (Å²) < 4.78 is 15.1. The van der Waals surface area contributed by atoms with Crippen LogP contribution < -0.4 is 20.1 Å². The van der Waals surface area contributed by atoms with Crippen molar-refractivity contribution in [2.75, 3.05) is 26.6 Å². The molecule has 9 heteroatoms. The predicted octanol–water partition coefficient (Wildman–Crippen LogP) is 2.26. The highest BCUT2D eigenvalue weighted by Crippen LogP contribution is 2.36. The van der Waals surface area contributed by atoms with Gasteiger partial charge in [-0.15, -0.1) is 0 Å². The number of carbonyl (C=O) groups is 3. The van der Waals surface area contributed by atoms with Crippen molar-refractivity contribution >= 4 is 23.7 Å². The van der Waals surface area contributed by atoms with E-state index in [4.69, 9.17) is 14.6 Å². The lowest BCUT2D eigenvalue weighted by Gasteiger charge is -2.26. The Balaban J connectivity index is 3.04. The van der Waals surface area contributed by atoms with Crippen molar-refractivity contribution in [1.82, 2.24) is 5.32 Å². The predicted molar refractivity (Wildman–Crippen MR) is 94.0 cm³/mol. The molecule has 0 aliphatic heterocycles. The van der Waals surface area contributed by atoms with E-state index in [9.17, 15) is 14.4 Å². The van der Waals surface area contributed by atoms with Gasteiger partial charge in [0.1, 0.15) is 0 Å². The van der Waals surface area contributed by atoms with Gasteiger partial charge in [0.25, 0.3) is 0 Å². The topological polar surface area (TPSA) is 123 Å². The highest BCUT2D eigenvalue weighted by atomic mass is 16.5. The maximum atomic E-state index is 12.3. The third-order valence-electron chi connectivity index (χ3n) is 3.56. The molecular weight excluding hydrogens is 344 g/mol. The second-order valence-corrected chi connectivity index (χ2v) is 6.11. The Bertz CT molecular complexity index is 686. The second-order valence-electron chi connectivity index (χ2n) is 6.11. The van der Waals surface area contributed by atoms with Crippen LogP contribution >= 0.6 is 0 Å². The average molecular weight is 368 g/mol. The first-order chi connectivity index (χ1) is 12.1. The van der Waals surface area contributed by atoms with Gasteiger partial charge < -0.3 is 30.0 Å². The third-order valence-corrected chi connectivity index (χ3v) is 3.56. The van der Waals surface area contributed by atoms with Gasteiger partial charge in [0, 0.05) is 12.0 Å². The zero-order valence-corrected chi connectivity index (χ0v) is 15.5. The van der Waals surface area contributed by atoms with E-state index in [0.717, 1.165) is 0 Å². The molecule has 0 aliphatic rings. The highest BCUT2D eigenvalue weighted by molar-refractivity contribution is 5.96. The summed E-state index contributed by atoms with van der Waals surface area (Å²) in [5, 5.41) is 14.1. The van der Waals surface area contributed by atoms with Crippen LogP contribution in [0.5, 0.6) is 11.5 Å². The number of hydrogen-bond acceptors (Lipinski definition) is 6. The smallest absolute Gasteiger partial charge is 0.338 e. The lowest BCUT2D eigenvalue weighted by molar-refractivity contribution is -0.137. The standard InChI is InChI=1S/C17H24N2O7/c1-17(2,7-6-13(20)21)19-16(23)18-11-8-10(15(22)26-5)9-12(24-3)14(11)25-4/h8-9H,6-7H2,1-5H3,(H,20,21)(H2,18,19,23). The van der Waals surface area contributed by atoms with Gasteiger partial charge in [-0.2, -0.15) is 0 Å². The number of rotatable bonds is 8. The zero-order chi connectivity index (χ0) is 19.9. The van der Waals surface area contributed by atoms with Crippen LogP contribution in [0.4, 0.5) is 10.5 Å². The molecule has 0 bridgehead atoms. The minimum atomic E-state index is -0.947. The molecule has 0 fully saturated rings. The third kappa shape index (κ3) is 5.83. The molecule has 0 spiro atoms. The van der Waals surface area contributed by atoms with Gasteiger partial charge >= 0.3 is 18.0 Å². The minimum absolute atomic E-state index is 0.0811. The number of hydrogen-bond donors (Lipinski definition) is 3. The summed E-state index contributed by atoms with van der Waals surface area (Å²) in [6.45, 7) is 3.41. The fraction of sp³-hybridized carbons (Fsp3) is 0.471. The summed E-state index contributed by atoms with van der Waals surface area (Å²) in [6.07, 6.45) is 0.167. The lowest BCUT2D eigenvalue weighted by Crippen LogP contribution is -2.45. The molecule has 0 saturated heterocycles. The zero-order valence-electron chi connectivity index (χ0n) is 15.5. The van der Waals surface area contributed by atoms with Gasteiger partial charge in [0.15, 0.2) is 11.5 Å². The molecule has 0 aliphatic carbocycles. The van der Waals surface area contributed by atoms with Gasteiger partial charge in [-0.25, -0.2) is 9.59 Å². The normalized spacial score (nSPS) is 10.7. The Hall–Kier alpha value is -2.97. The molecule has 26 heavy (non-hydrogen) atoms. The number of benzene rings is 1. The van der Waals surface area contributed by atoms with Crippen LogP contribution in [0.3, 0.4) is 0 Å². The van der Waals surface area contributed by atoms with Crippen LogP contribution in [-0.4, -0.2) is 49.9 Å². The SMILES string of the molecule is COC(=O)c1cc(NC(=O)NC(C)(C)CCC(=O)O)c(OC)c(OC)c1. The fourth-order valence-electron chi connectivity index (χ4n) is 2.24. The van der Waals surface area contributed by atoms with Crippen LogP contribution in [0.1, 0.15) is 37.0 Å². The van der Waals surface area contributed by atoms with Crippen LogP contribution in [0, 0.1) is 0 Å². The van der Waals surface area contributed by atoms with Crippen LogP contribution in [-0.2, 0) is 9.53 Å². The summed E-state index contributed by atoms with van der Waals surface area (Å²) in [5.74, 6) is -1.07. The van der Waals surface area contributed by atoms with Gasteiger partial charge in [-0.05, 0) is 32.4 Å². The van der Waals surface area contributed by atoms with E-state index in [1.54, 1.807) is 13.8 Å². The first-order valence-electron chi connectivity index (χ1n) is 7.78. The number of carboxylic acid groups (broad SMARTS) is 1. The van der Waals surface area contributed by atoms with Gasteiger partial charge in [-0.3, -0.25) is 4.79 Å². The number of aliphatic carboxylic acids is 1. The van der Waals surface area contributed by atoms with Crippen molar-refractivity contribution in [3.8, 4) is 11.5 Å². The van der Waals surface area contributed by atoms with Crippen LogP contribution in [0.2, 0.25) is 0 Å². The first-order valence-corrected chi connectivity index (χ1v) is 7.78. The molecule has 1 aromatic carbocycles. The van der Waals surface area contributed by atoms with E-state index >= 15 is 0 Å². The Morgan fingerprint density at radius 2 is 1.77 bits per heavy atom. The largest absolute Gasteiger partial charge is 0.493 e. The van der Waals surface area contributed by atoms with Crippen molar-refractivity contribution in [3.05, 3.63) is 17.7 Å². The molecule has 2 amide bonds. The van der Waals surface area contributed by atoms with Crippen LogP contribution in [0.15, 0.2) is 12.1 Å². The number of urea groups is 1. The van der Waals surface area contributed by atoms with Crippen molar-refractivity contribution < 1.29 is 33.7 Å². The number of anilines is 1. The van der Waals surface area contributed by atoms with Crippen molar-refractivity contribution in [2.24, 2.45) is 0 Å². The average Bonchev–Trinajstić information content (AvgIpc) is 2.57. The molecule has 9 nitrogen and oxygen atoms in total. The number of methoxy groups -OCH3 is 3. The number of esters is 1. The minimum Gasteiger partial charge on any atom is -0.493 e. The summed E-state index contributed by atoms with van der Waals surface area (Å²) in [5.41, 5.74) is -0.371. The molecule has 0 unspecified atom stereocenters. The van der Waals surface area contributed by atoms with E-state index in [2.05, 4.69) is 15.4 Å². The molecule has 0 saturated carbocycles. The van der Waals surface area contributed by atoms with Crippen molar-refractivity contribution in [3.63, 3.8) is 0 Å². The number of carboxylic acids is 1. The quantitative estimate of drug-likeness (QED) is 0.601. The number of carbonyl (C=O) groups excluding carboxylic acids is 2. The maximum Gasteiger partial charge on any atom is 0.338 e. The second kappa shape index (κ2) is 8.93. The van der Waals surface area contributed by atoms with Crippen LogP contribution in [0.25, 0.3) is 0 Å². The Kier molecular flexibility index (Phi) is 7.24. The maximum absolute atomic E-state index is 12.3. The van der Waals surface area contributed by atoms with Crippen molar-refractivity contribution in [1.29, 1.82) is 0 Å². The Morgan fingerprint density at radius 1 is 1.12 bits per heavy atom. The van der Waals surface area contributed by atoms with E-state index < -0.39 is 23.5 Å². The van der Waals surface area contributed by atoms with E-state index in [1.165, 1.54) is 33.5 Å². The lowest BCUT2D eigenvalue weighted by atomic mass is 9.99. The van der Waals surface area contributed by atoms with Gasteiger partial charge in [0.2, 0.25) is 0 Å². The molecular formula is C17H24N2O7. The van der Waals surface area contributed by atoms with Gasteiger partial charge in [-0.1, -0.05) is 0 Å². The monoisotopic (exact) mass is 368 g/mol. The summed E-state index contributed by atoms with van der Waals surface area (Å²) in [6, 6.07) is 2.25. The van der Waals surface area contributed by atoms with Gasteiger partial charge in [0.05, 0.1) is 32.6 Å². The fourth-order valence-corrected chi connectivity index (χ4v) is 2.24. The van der Waals surface area contributed by atoms with E-state index in [1.807, 2.05) is 0 Å². The summed E-state index contributed by atoms with van der Waals surface area (Å²) in [7, 11) is 4.04. The van der Waals surface area contributed by atoms with Crippen molar-refractivity contribution in [2.45, 2.75) is 32.2 Å². The molecule has 1 aromatic rings. The number of amides is 2. The molecule has 0 aromatic heterocycles. The summed E-state index contributed by atoms with van der Waals surface area (Å²) >= 11 is 0. The molecule has 1 rings (SSSR count). The molecule has 0 atom stereocenters. The Labute approximate surface area is 151 Å². The summed E-state index contributed by atoms with van der Waals surface area (Å²) in [4.78, 5) is 34.8. The molecule has 144 valence electrons. The molecule has 3 N–H and O–H groups in total. The molecule has 0 radical (unpaired) electrons. The Morgan fingerprint density at radius 3 is 2.27 bits per heavy atom. The number of ether oxygens (including phenoxy) is 3. The molecule has 0 heterocycles. The van der Waals surface area contributed by atoms with E-state index in [0.29, 0.717) is 0 Å². The highest BCUT2D eigenvalue weighted by Gasteiger charge is 2.23. The first kappa shape index (κ1) is 21.1.